The Morgan fingerprint density at radius 1 is 1.03 bits per heavy atom. The summed E-state index contributed by atoms with van der Waals surface area (Å²) >= 11 is 6.01. The van der Waals surface area contributed by atoms with Gasteiger partial charge in [-0.25, -0.2) is 9.78 Å². The Bertz CT molecular complexity index is 1160. The molecule has 0 aliphatic heterocycles. The SMILES string of the molecule is COc1ccc(Cl)cc1NC(=O)Nc1cccc(CCc2nc3ccccc3[nH]2)c1. The van der Waals surface area contributed by atoms with Crippen molar-refractivity contribution in [1.82, 2.24) is 9.97 Å². The third-order valence-electron chi connectivity index (χ3n) is 4.68. The minimum Gasteiger partial charge on any atom is -0.495 e. The Kier molecular flexibility index (Phi) is 5.86. The van der Waals surface area contributed by atoms with E-state index in [1.54, 1.807) is 18.2 Å². The molecule has 1 heterocycles. The molecule has 0 aliphatic rings. The van der Waals surface area contributed by atoms with Crippen molar-refractivity contribution in [1.29, 1.82) is 0 Å². The van der Waals surface area contributed by atoms with Crippen molar-refractivity contribution in [3.8, 4) is 5.75 Å². The van der Waals surface area contributed by atoms with Crippen LogP contribution in [0.15, 0.2) is 66.7 Å². The molecule has 1 aromatic heterocycles. The minimum absolute atomic E-state index is 0.370. The molecule has 0 radical (unpaired) electrons. The van der Waals surface area contributed by atoms with Crippen LogP contribution in [0.25, 0.3) is 11.0 Å². The monoisotopic (exact) mass is 420 g/mol. The summed E-state index contributed by atoms with van der Waals surface area (Å²) < 4.78 is 5.26. The van der Waals surface area contributed by atoms with Crippen molar-refractivity contribution < 1.29 is 9.53 Å². The number of para-hydroxylation sites is 2. The van der Waals surface area contributed by atoms with Crippen LogP contribution in [0.2, 0.25) is 5.02 Å². The molecular formula is C23H21ClN4O2. The number of amides is 2. The highest BCUT2D eigenvalue weighted by molar-refractivity contribution is 6.31. The number of anilines is 2. The Morgan fingerprint density at radius 3 is 2.73 bits per heavy atom. The summed E-state index contributed by atoms with van der Waals surface area (Å²) in [6.45, 7) is 0. The molecule has 3 N–H and O–H groups in total. The molecule has 0 atom stereocenters. The second kappa shape index (κ2) is 8.88. The molecule has 4 rings (SSSR count). The molecule has 7 heteroatoms. The number of imidazole rings is 1. The Labute approximate surface area is 179 Å². The average Bonchev–Trinajstić information content (AvgIpc) is 3.16. The highest BCUT2D eigenvalue weighted by atomic mass is 35.5. The van der Waals surface area contributed by atoms with Crippen LogP contribution < -0.4 is 15.4 Å². The smallest absolute Gasteiger partial charge is 0.323 e. The lowest BCUT2D eigenvalue weighted by Gasteiger charge is -2.12. The van der Waals surface area contributed by atoms with Crippen LogP contribution >= 0.6 is 11.6 Å². The van der Waals surface area contributed by atoms with E-state index in [4.69, 9.17) is 16.3 Å². The maximum absolute atomic E-state index is 12.4. The molecule has 0 unspecified atom stereocenters. The van der Waals surface area contributed by atoms with Gasteiger partial charge in [0.05, 0.1) is 23.8 Å². The molecule has 0 saturated heterocycles. The molecule has 0 spiro atoms. The summed E-state index contributed by atoms with van der Waals surface area (Å²) in [5.41, 5.74) is 4.32. The number of hydrogen-bond donors (Lipinski definition) is 3. The fourth-order valence-electron chi connectivity index (χ4n) is 3.25. The standard InChI is InChI=1S/C23H21ClN4O2/c1-30-21-11-10-16(24)14-20(21)28-23(29)25-17-6-4-5-15(13-17)9-12-22-26-18-7-2-3-8-19(18)27-22/h2-8,10-11,13-14H,9,12H2,1H3,(H,26,27)(H2,25,28,29). The number of aryl methyl sites for hydroxylation is 2. The van der Waals surface area contributed by atoms with Gasteiger partial charge in [-0.2, -0.15) is 0 Å². The van der Waals surface area contributed by atoms with Gasteiger partial charge in [-0.3, -0.25) is 0 Å². The van der Waals surface area contributed by atoms with Crippen molar-refractivity contribution in [3.63, 3.8) is 0 Å². The van der Waals surface area contributed by atoms with Crippen molar-refractivity contribution in [2.45, 2.75) is 12.8 Å². The van der Waals surface area contributed by atoms with Gasteiger partial charge >= 0.3 is 6.03 Å². The van der Waals surface area contributed by atoms with Crippen LogP contribution in [-0.2, 0) is 12.8 Å². The highest BCUT2D eigenvalue weighted by Crippen LogP contribution is 2.27. The number of nitrogens with zero attached hydrogens (tertiary/aromatic N) is 1. The molecule has 0 fully saturated rings. The van der Waals surface area contributed by atoms with Crippen molar-refractivity contribution in [2.75, 3.05) is 17.7 Å². The average molecular weight is 421 g/mol. The maximum atomic E-state index is 12.4. The zero-order valence-electron chi connectivity index (χ0n) is 16.4. The van der Waals surface area contributed by atoms with Gasteiger partial charge in [0.25, 0.3) is 0 Å². The summed E-state index contributed by atoms with van der Waals surface area (Å²) in [5, 5.41) is 6.13. The Balaban J connectivity index is 1.39. The van der Waals surface area contributed by atoms with Crippen LogP contribution in [-0.4, -0.2) is 23.1 Å². The number of aromatic nitrogens is 2. The molecule has 0 aliphatic carbocycles. The highest BCUT2D eigenvalue weighted by Gasteiger charge is 2.09. The predicted molar refractivity (Wildman–Crippen MR) is 121 cm³/mol. The van der Waals surface area contributed by atoms with E-state index < -0.39 is 0 Å². The summed E-state index contributed by atoms with van der Waals surface area (Å²) in [7, 11) is 1.54. The number of ether oxygens (including phenoxy) is 1. The van der Waals surface area contributed by atoms with Gasteiger partial charge in [0.2, 0.25) is 0 Å². The van der Waals surface area contributed by atoms with Gasteiger partial charge in [-0.1, -0.05) is 35.9 Å². The van der Waals surface area contributed by atoms with Crippen molar-refractivity contribution in [3.05, 3.63) is 83.1 Å². The Hall–Kier alpha value is -3.51. The third kappa shape index (κ3) is 4.72. The number of H-pyrrole nitrogens is 1. The molecule has 0 bridgehead atoms. The van der Waals surface area contributed by atoms with Crippen LogP contribution in [0.1, 0.15) is 11.4 Å². The Morgan fingerprint density at radius 2 is 1.90 bits per heavy atom. The number of nitrogens with one attached hydrogen (secondary N) is 3. The summed E-state index contributed by atoms with van der Waals surface area (Å²) in [6, 6.07) is 20.4. The number of benzene rings is 3. The van der Waals surface area contributed by atoms with E-state index in [0.29, 0.717) is 22.1 Å². The van der Waals surface area contributed by atoms with Crippen LogP contribution in [0, 0.1) is 0 Å². The molecule has 3 aromatic carbocycles. The van der Waals surface area contributed by atoms with E-state index in [-0.39, 0.29) is 6.03 Å². The largest absolute Gasteiger partial charge is 0.495 e. The molecule has 30 heavy (non-hydrogen) atoms. The zero-order chi connectivity index (χ0) is 20.9. The minimum atomic E-state index is -0.370. The second-order valence-electron chi connectivity index (χ2n) is 6.82. The number of methoxy groups -OCH3 is 1. The molecule has 4 aromatic rings. The number of aromatic amines is 1. The number of hydrogen-bond acceptors (Lipinski definition) is 3. The lowest BCUT2D eigenvalue weighted by Crippen LogP contribution is -2.19. The predicted octanol–water partition coefficient (Wildman–Crippen LogP) is 5.65. The van der Waals surface area contributed by atoms with Crippen LogP contribution in [0.5, 0.6) is 5.75 Å². The van der Waals surface area contributed by atoms with E-state index in [1.165, 1.54) is 7.11 Å². The number of carbonyl (C=O) groups excluding carboxylic acids is 1. The van der Waals surface area contributed by atoms with Gasteiger partial charge in [0.15, 0.2) is 0 Å². The molecule has 0 saturated carbocycles. The van der Waals surface area contributed by atoms with E-state index in [9.17, 15) is 4.79 Å². The topological polar surface area (TPSA) is 79.0 Å². The first kappa shape index (κ1) is 19.8. The number of halogens is 1. The lowest BCUT2D eigenvalue weighted by atomic mass is 10.1. The molecule has 152 valence electrons. The fourth-order valence-corrected chi connectivity index (χ4v) is 3.43. The van der Waals surface area contributed by atoms with Gasteiger partial charge in [-0.15, -0.1) is 0 Å². The molecular weight excluding hydrogens is 400 g/mol. The first-order valence-corrected chi connectivity index (χ1v) is 9.92. The summed E-state index contributed by atoms with van der Waals surface area (Å²) in [5.74, 6) is 1.48. The fraction of sp³-hybridized carbons (Fsp3) is 0.130. The van der Waals surface area contributed by atoms with Gasteiger partial charge < -0.3 is 20.4 Å². The molecule has 2 amide bonds. The third-order valence-corrected chi connectivity index (χ3v) is 4.92. The maximum Gasteiger partial charge on any atom is 0.323 e. The van der Waals surface area contributed by atoms with Crippen molar-refractivity contribution >= 4 is 40.0 Å². The number of carbonyl (C=O) groups is 1. The van der Waals surface area contributed by atoms with Gasteiger partial charge in [0, 0.05) is 17.1 Å². The van der Waals surface area contributed by atoms with E-state index in [1.807, 2.05) is 48.5 Å². The normalized spacial score (nSPS) is 10.7. The number of rotatable bonds is 6. The van der Waals surface area contributed by atoms with Gasteiger partial charge in [-0.05, 0) is 54.4 Å². The van der Waals surface area contributed by atoms with Crippen LogP contribution in [0.3, 0.4) is 0 Å². The van der Waals surface area contributed by atoms with E-state index in [0.717, 1.165) is 35.3 Å². The van der Waals surface area contributed by atoms with Crippen molar-refractivity contribution in [2.24, 2.45) is 0 Å². The number of fused-ring (bicyclic) bond motifs is 1. The lowest BCUT2D eigenvalue weighted by molar-refractivity contribution is 0.262. The summed E-state index contributed by atoms with van der Waals surface area (Å²) in [6.07, 6.45) is 1.59. The first-order chi connectivity index (χ1) is 14.6. The molecule has 6 nitrogen and oxygen atoms in total. The van der Waals surface area contributed by atoms with Gasteiger partial charge in [0.1, 0.15) is 11.6 Å². The first-order valence-electron chi connectivity index (χ1n) is 9.55. The van der Waals surface area contributed by atoms with E-state index in [2.05, 4.69) is 20.6 Å². The summed E-state index contributed by atoms with van der Waals surface area (Å²) in [4.78, 5) is 20.4. The van der Waals surface area contributed by atoms with E-state index >= 15 is 0 Å². The second-order valence-corrected chi connectivity index (χ2v) is 7.26. The zero-order valence-corrected chi connectivity index (χ0v) is 17.2. The van der Waals surface area contributed by atoms with Crippen LogP contribution in [0.4, 0.5) is 16.2 Å². The number of urea groups is 1. The quantitative estimate of drug-likeness (QED) is 0.377.